The summed E-state index contributed by atoms with van der Waals surface area (Å²) in [6.07, 6.45) is 3.52. The Hall–Kier alpha value is -0.935. The van der Waals surface area contributed by atoms with Crippen LogP contribution >= 0.6 is 0 Å². The first kappa shape index (κ1) is 12.1. The first-order chi connectivity index (χ1) is 7.09. The van der Waals surface area contributed by atoms with Gasteiger partial charge in [-0.05, 0) is 33.8 Å². The zero-order valence-corrected chi connectivity index (χ0v) is 9.68. The molecule has 0 N–H and O–H groups in total. The minimum absolute atomic E-state index is 0.113. The maximum Gasteiger partial charge on any atom is 0.495 e. The molecule has 0 aliphatic carbocycles. The van der Waals surface area contributed by atoms with Crippen molar-refractivity contribution in [1.29, 1.82) is 0 Å². The van der Waals surface area contributed by atoms with Gasteiger partial charge >= 0.3 is 7.12 Å². The highest BCUT2D eigenvalue weighted by Gasteiger charge is 2.24. The van der Waals surface area contributed by atoms with Gasteiger partial charge in [-0.2, -0.15) is 10.2 Å². The highest BCUT2D eigenvalue weighted by molar-refractivity contribution is 6.61. The molecule has 1 rings (SSSR count). The predicted molar refractivity (Wildman–Crippen MR) is 59.9 cm³/mol. The summed E-state index contributed by atoms with van der Waals surface area (Å²) in [6.45, 7) is 7.91. The van der Waals surface area contributed by atoms with E-state index in [0.717, 1.165) is 5.46 Å². The lowest BCUT2D eigenvalue weighted by Gasteiger charge is -2.19. The van der Waals surface area contributed by atoms with Crippen molar-refractivity contribution in [1.82, 2.24) is 10.2 Å². The molecule has 1 aromatic rings. The average molecular weight is 208 g/mol. The van der Waals surface area contributed by atoms with Crippen molar-refractivity contribution >= 4 is 12.6 Å². The van der Waals surface area contributed by atoms with Gasteiger partial charge in [0, 0.05) is 30.1 Å². The Labute approximate surface area is 91.1 Å². The number of nitrogens with zero attached hydrogens (tertiary/aromatic N) is 2. The molecule has 0 saturated heterocycles. The minimum atomic E-state index is -0.361. The van der Waals surface area contributed by atoms with Crippen LogP contribution in [-0.2, 0) is 9.31 Å². The summed E-state index contributed by atoms with van der Waals surface area (Å²) >= 11 is 0. The Morgan fingerprint density at radius 2 is 1.67 bits per heavy atom. The van der Waals surface area contributed by atoms with Crippen molar-refractivity contribution in [3.05, 3.63) is 18.5 Å². The highest BCUT2D eigenvalue weighted by atomic mass is 16.6. The highest BCUT2D eigenvalue weighted by Crippen LogP contribution is 2.00. The third kappa shape index (κ3) is 4.40. The quantitative estimate of drug-likeness (QED) is 0.677. The summed E-state index contributed by atoms with van der Waals surface area (Å²) in [6, 6.07) is 1.85. The van der Waals surface area contributed by atoms with Crippen LogP contribution in [-0.4, -0.2) is 29.5 Å². The zero-order chi connectivity index (χ0) is 11.3. The van der Waals surface area contributed by atoms with Gasteiger partial charge in [0.25, 0.3) is 0 Å². The second kappa shape index (κ2) is 5.83. The van der Waals surface area contributed by atoms with Gasteiger partial charge in [-0.15, -0.1) is 0 Å². The van der Waals surface area contributed by atoms with E-state index in [2.05, 4.69) is 10.2 Å². The molecule has 0 fully saturated rings. The smallest absolute Gasteiger partial charge is 0.405 e. The molecule has 0 aromatic carbocycles. The van der Waals surface area contributed by atoms with E-state index in [-0.39, 0.29) is 19.3 Å². The van der Waals surface area contributed by atoms with Crippen LogP contribution in [0, 0.1) is 0 Å². The lowest BCUT2D eigenvalue weighted by Crippen LogP contribution is -2.41. The van der Waals surface area contributed by atoms with Crippen LogP contribution in [0.15, 0.2) is 18.5 Å². The third-order valence-electron chi connectivity index (χ3n) is 1.67. The number of rotatable bonds is 5. The molecule has 0 aliphatic rings. The van der Waals surface area contributed by atoms with E-state index in [9.17, 15) is 0 Å². The third-order valence-corrected chi connectivity index (χ3v) is 1.67. The molecule has 4 nitrogen and oxygen atoms in total. The number of aromatic nitrogens is 2. The fraction of sp³-hybridized carbons (Fsp3) is 0.600. The molecule has 0 amide bonds. The molecule has 0 radical (unpaired) electrons. The van der Waals surface area contributed by atoms with Crippen LogP contribution in [0.25, 0.3) is 0 Å². The van der Waals surface area contributed by atoms with Crippen molar-refractivity contribution < 1.29 is 9.31 Å². The Morgan fingerprint density at radius 1 is 1.07 bits per heavy atom. The van der Waals surface area contributed by atoms with E-state index in [1.807, 2.05) is 33.8 Å². The molecule has 5 heteroatoms. The van der Waals surface area contributed by atoms with Crippen molar-refractivity contribution in [2.45, 2.75) is 39.9 Å². The normalized spacial score (nSPS) is 11.1. The summed E-state index contributed by atoms with van der Waals surface area (Å²) < 4.78 is 11.3. The Bertz CT molecular complexity index is 270. The van der Waals surface area contributed by atoms with E-state index in [1.165, 1.54) is 0 Å². The van der Waals surface area contributed by atoms with Gasteiger partial charge < -0.3 is 9.31 Å². The lowest BCUT2D eigenvalue weighted by atomic mass is 9.79. The van der Waals surface area contributed by atoms with E-state index in [4.69, 9.17) is 9.31 Å². The molecule has 0 saturated carbocycles. The van der Waals surface area contributed by atoms with Gasteiger partial charge in [-0.25, -0.2) is 0 Å². The summed E-state index contributed by atoms with van der Waals surface area (Å²) in [5, 5.41) is 7.54. The average Bonchev–Trinajstić information content (AvgIpc) is 2.17. The maximum atomic E-state index is 5.66. The van der Waals surface area contributed by atoms with Crippen molar-refractivity contribution in [2.24, 2.45) is 0 Å². The molecule has 15 heavy (non-hydrogen) atoms. The summed E-state index contributed by atoms with van der Waals surface area (Å²) in [5.74, 6) is 0. The van der Waals surface area contributed by atoms with Crippen LogP contribution in [0.1, 0.15) is 27.7 Å². The monoisotopic (exact) mass is 208 g/mol. The standard InChI is InChI=1S/C10H17BN2O2/c1-8(2)14-11(15-9(3)4)10-5-6-12-13-7-10/h5-9H,1-4H3. The number of hydrogen-bond donors (Lipinski definition) is 0. The van der Waals surface area contributed by atoms with Crippen LogP contribution in [0.3, 0.4) is 0 Å². The predicted octanol–water partition coefficient (Wildman–Crippen LogP) is 1.02. The fourth-order valence-corrected chi connectivity index (χ4v) is 1.12. The molecule has 0 atom stereocenters. The van der Waals surface area contributed by atoms with E-state index in [0.29, 0.717) is 0 Å². The van der Waals surface area contributed by atoms with E-state index >= 15 is 0 Å². The van der Waals surface area contributed by atoms with Gasteiger partial charge in [0.05, 0.1) is 0 Å². The summed E-state index contributed by atoms with van der Waals surface area (Å²) in [5.41, 5.74) is 0.896. The molecule has 0 unspecified atom stereocenters. The second-order valence-electron chi connectivity index (χ2n) is 3.88. The Kier molecular flexibility index (Phi) is 4.71. The summed E-state index contributed by atoms with van der Waals surface area (Å²) in [4.78, 5) is 0. The number of hydrogen-bond acceptors (Lipinski definition) is 4. The molecule has 82 valence electrons. The van der Waals surface area contributed by atoms with Crippen LogP contribution < -0.4 is 5.46 Å². The lowest BCUT2D eigenvalue weighted by molar-refractivity contribution is 0.139. The molecule has 1 aromatic heterocycles. The van der Waals surface area contributed by atoms with Gasteiger partial charge in [0.2, 0.25) is 0 Å². The van der Waals surface area contributed by atoms with Crippen LogP contribution in [0.2, 0.25) is 0 Å². The maximum absolute atomic E-state index is 5.66. The molecule has 0 bridgehead atoms. The van der Waals surface area contributed by atoms with E-state index in [1.54, 1.807) is 12.4 Å². The zero-order valence-electron chi connectivity index (χ0n) is 9.68. The van der Waals surface area contributed by atoms with Gasteiger partial charge in [0.15, 0.2) is 0 Å². The molecule has 1 heterocycles. The molecular weight excluding hydrogens is 191 g/mol. The van der Waals surface area contributed by atoms with Crippen LogP contribution in [0.4, 0.5) is 0 Å². The molecule has 0 spiro atoms. The first-order valence-electron chi connectivity index (χ1n) is 5.17. The van der Waals surface area contributed by atoms with Crippen molar-refractivity contribution in [3.8, 4) is 0 Å². The van der Waals surface area contributed by atoms with Gasteiger partial charge in [0.1, 0.15) is 0 Å². The minimum Gasteiger partial charge on any atom is -0.405 e. The summed E-state index contributed by atoms with van der Waals surface area (Å²) in [7, 11) is -0.361. The molecule has 0 aliphatic heterocycles. The fourth-order valence-electron chi connectivity index (χ4n) is 1.12. The van der Waals surface area contributed by atoms with E-state index < -0.39 is 0 Å². The van der Waals surface area contributed by atoms with Crippen molar-refractivity contribution in [3.63, 3.8) is 0 Å². The van der Waals surface area contributed by atoms with Crippen LogP contribution in [0.5, 0.6) is 0 Å². The topological polar surface area (TPSA) is 44.2 Å². The SMILES string of the molecule is CC(C)OB(OC(C)C)c1ccnnc1. The first-order valence-corrected chi connectivity index (χ1v) is 5.17. The van der Waals surface area contributed by atoms with Crippen molar-refractivity contribution in [2.75, 3.05) is 0 Å². The molecular formula is C10H17BN2O2. The Balaban J connectivity index is 2.72. The van der Waals surface area contributed by atoms with Gasteiger partial charge in [-0.1, -0.05) is 0 Å². The van der Waals surface area contributed by atoms with Gasteiger partial charge in [-0.3, -0.25) is 0 Å². The largest absolute Gasteiger partial charge is 0.495 e. The second-order valence-corrected chi connectivity index (χ2v) is 3.88. The Morgan fingerprint density at radius 3 is 2.07 bits per heavy atom.